The Kier molecular flexibility index (Phi) is 3.74. The molecular formula is C18H22N2O3. The lowest BCUT2D eigenvalue weighted by molar-refractivity contribution is -0.125. The summed E-state index contributed by atoms with van der Waals surface area (Å²) < 4.78 is 0. The first-order valence-corrected chi connectivity index (χ1v) is 8.02. The Labute approximate surface area is 136 Å². The molecule has 0 radical (unpaired) electrons. The quantitative estimate of drug-likeness (QED) is 0.634. The number of amides is 3. The second-order valence-corrected chi connectivity index (χ2v) is 7.37. The van der Waals surface area contributed by atoms with Gasteiger partial charge in [0.2, 0.25) is 0 Å². The molecule has 1 aliphatic heterocycles. The number of ketones is 1. The van der Waals surface area contributed by atoms with Gasteiger partial charge in [0.25, 0.3) is 5.91 Å². The fourth-order valence-electron chi connectivity index (χ4n) is 2.78. The molecule has 0 atom stereocenters. The average molecular weight is 314 g/mol. The lowest BCUT2D eigenvalue weighted by atomic mass is 9.86. The largest absolute Gasteiger partial charge is 0.327 e. The van der Waals surface area contributed by atoms with E-state index in [0.717, 1.165) is 23.3 Å². The number of Topliss-reactive ketones (excluding diaryl/α,β-unsaturated/α-hetero) is 1. The van der Waals surface area contributed by atoms with Crippen LogP contribution in [0.3, 0.4) is 0 Å². The Bertz CT molecular complexity index is 654. The molecule has 1 saturated heterocycles. The molecule has 0 spiro atoms. The minimum absolute atomic E-state index is 0.0211. The molecule has 0 N–H and O–H groups in total. The van der Waals surface area contributed by atoms with Crippen molar-refractivity contribution in [2.45, 2.75) is 45.1 Å². The summed E-state index contributed by atoms with van der Waals surface area (Å²) in [5.41, 5.74) is 1.69. The summed E-state index contributed by atoms with van der Waals surface area (Å²) in [6, 6.07) is 7.27. The van der Waals surface area contributed by atoms with Crippen molar-refractivity contribution in [1.82, 2.24) is 9.80 Å². The van der Waals surface area contributed by atoms with Gasteiger partial charge in [-0.2, -0.15) is 0 Å². The van der Waals surface area contributed by atoms with Crippen molar-refractivity contribution in [1.29, 1.82) is 0 Å². The molecule has 122 valence electrons. The van der Waals surface area contributed by atoms with E-state index in [4.69, 9.17) is 0 Å². The van der Waals surface area contributed by atoms with Crippen LogP contribution in [-0.4, -0.2) is 46.7 Å². The van der Waals surface area contributed by atoms with E-state index < -0.39 is 0 Å². The Morgan fingerprint density at radius 3 is 2.26 bits per heavy atom. The molecular weight excluding hydrogens is 292 g/mol. The number of carbonyl (C=O) groups excluding carboxylic acids is 3. The number of nitrogens with zero attached hydrogens (tertiary/aromatic N) is 2. The normalized spacial score (nSPS) is 18.7. The molecule has 1 aromatic carbocycles. The third-order valence-electron chi connectivity index (χ3n) is 4.45. The van der Waals surface area contributed by atoms with Crippen LogP contribution in [0.25, 0.3) is 0 Å². The fraction of sp³-hybridized carbons (Fsp3) is 0.500. The Morgan fingerprint density at radius 1 is 1.13 bits per heavy atom. The molecule has 5 heteroatoms. The van der Waals surface area contributed by atoms with Crippen LogP contribution in [-0.2, 0) is 10.2 Å². The molecule has 0 unspecified atom stereocenters. The van der Waals surface area contributed by atoms with E-state index in [1.807, 2.05) is 12.1 Å². The maximum atomic E-state index is 12.4. The molecule has 5 nitrogen and oxygen atoms in total. The third-order valence-corrected chi connectivity index (χ3v) is 4.45. The Balaban J connectivity index is 1.69. The highest BCUT2D eigenvalue weighted by Gasteiger charge is 2.44. The van der Waals surface area contributed by atoms with Gasteiger partial charge in [-0.1, -0.05) is 45.0 Å². The lowest BCUT2D eigenvalue weighted by Crippen LogP contribution is -2.37. The van der Waals surface area contributed by atoms with Gasteiger partial charge in [-0.15, -0.1) is 0 Å². The zero-order chi connectivity index (χ0) is 16.8. The number of benzene rings is 1. The van der Waals surface area contributed by atoms with Gasteiger partial charge in [0.1, 0.15) is 6.54 Å². The first kappa shape index (κ1) is 15.7. The number of hydrogen-bond donors (Lipinski definition) is 0. The van der Waals surface area contributed by atoms with Crippen LogP contribution in [0.4, 0.5) is 4.79 Å². The highest BCUT2D eigenvalue weighted by Crippen LogP contribution is 2.30. The summed E-state index contributed by atoms with van der Waals surface area (Å²) >= 11 is 0. The number of urea groups is 1. The maximum absolute atomic E-state index is 12.4. The highest BCUT2D eigenvalue weighted by molar-refractivity contribution is 6.08. The first-order valence-electron chi connectivity index (χ1n) is 8.02. The predicted molar refractivity (Wildman–Crippen MR) is 86.3 cm³/mol. The highest BCUT2D eigenvalue weighted by atomic mass is 16.2. The van der Waals surface area contributed by atoms with Crippen LogP contribution in [0.5, 0.6) is 0 Å². The molecule has 0 bridgehead atoms. The van der Waals surface area contributed by atoms with Crippen LogP contribution in [0.15, 0.2) is 24.3 Å². The van der Waals surface area contributed by atoms with E-state index >= 15 is 0 Å². The Hall–Kier alpha value is -2.17. The van der Waals surface area contributed by atoms with Crippen molar-refractivity contribution >= 4 is 17.7 Å². The van der Waals surface area contributed by atoms with Crippen LogP contribution in [0.1, 0.15) is 49.5 Å². The van der Waals surface area contributed by atoms with Crippen LogP contribution >= 0.6 is 0 Å². The van der Waals surface area contributed by atoms with Crippen molar-refractivity contribution in [3.63, 3.8) is 0 Å². The van der Waals surface area contributed by atoms with E-state index in [-0.39, 0.29) is 42.3 Å². The van der Waals surface area contributed by atoms with Crippen LogP contribution in [0.2, 0.25) is 0 Å². The smallest absolute Gasteiger partial charge is 0.312 e. The minimum Gasteiger partial charge on any atom is -0.312 e. The van der Waals surface area contributed by atoms with Gasteiger partial charge in [-0.3, -0.25) is 14.5 Å². The molecule has 2 aliphatic rings. The zero-order valence-corrected chi connectivity index (χ0v) is 13.8. The molecule has 2 fully saturated rings. The van der Waals surface area contributed by atoms with Gasteiger partial charge in [0.05, 0.1) is 6.54 Å². The molecule has 3 amide bonds. The van der Waals surface area contributed by atoms with Crippen molar-refractivity contribution in [2.24, 2.45) is 0 Å². The Morgan fingerprint density at radius 2 is 1.74 bits per heavy atom. The van der Waals surface area contributed by atoms with Gasteiger partial charge < -0.3 is 4.90 Å². The van der Waals surface area contributed by atoms with Crippen molar-refractivity contribution in [3.05, 3.63) is 35.4 Å². The zero-order valence-electron chi connectivity index (χ0n) is 13.8. The molecule has 1 aromatic rings. The van der Waals surface area contributed by atoms with Gasteiger partial charge in [-0.25, -0.2) is 4.79 Å². The average Bonchev–Trinajstić information content (AvgIpc) is 3.29. The fourth-order valence-corrected chi connectivity index (χ4v) is 2.78. The third kappa shape index (κ3) is 3.14. The molecule has 23 heavy (non-hydrogen) atoms. The first-order chi connectivity index (χ1) is 10.8. The van der Waals surface area contributed by atoms with Crippen molar-refractivity contribution < 1.29 is 14.4 Å². The summed E-state index contributed by atoms with van der Waals surface area (Å²) in [6.45, 7) is 6.27. The topological polar surface area (TPSA) is 57.7 Å². The van der Waals surface area contributed by atoms with E-state index in [0.29, 0.717) is 5.56 Å². The number of carbonyl (C=O) groups is 3. The summed E-state index contributed by atoms with van der Waals surface area (Å²) in [5.74, 6) is -0.480. The van der Waals surface area contributed by atoms with E-state index in [1.165, 1.54) is 0 Å². The number of hydrogen-bond acceptors (Lipinski definition) is 3. The van der Waals surface area contributed by atoms with Crippen molar-refractivity contribution in [2.75, 3.05) is 13.1 Å². The molecule has 1 heterocycles. The minimum atomic E-state index is -0.322. The monoisotopic (exact) mass is 314 g/mol. The summed E-state index contributed by atoms with van der Waals surface area (Å²) in [4.78, 5) is 39.3. The van der Waals surface area contributed by atoms with Crippen LogP contribution < -0.4 is 0 Å². The second kappa shape index (κ2) is 5.48. The summed E-state index contributed by atoms with van der Waals surface area (Å²) in [5, 5.41) is 0. The van der Waals surface area contributed by atoms with Gasteiger partial charge >= 0.3 is 6.03 Å². The molecule has 1 aliphatic carbocycles. The van der Waals surface area contributed by atoms with Gasteiger partial charge in [-0.05, 0) is 23.8 Å². The SMILES string of the molecule is CC(C)(C)c1ccc(C(=O)CN2C(=O)CN(C3CC3)C2=O)cc1. The molecule has 1 saturated carbocycles. The van der Waals surface area contributed by atoms with E-state index in [9.17, 15) is 14.4 Å². The van der Waals surface area contributed by atoms with E-state index in [2.05, 4.69) is 20.8 Å². The van der Waals surface area contributed by atoms with Gasteiger partial charge in [0.15, 0.2) is 5.78 Å². The van der Waals surface area contributed by atoms with Crippen LogP contribution in [0, 0.1) is 0 Å². The predicted octanol–water partition coefficient (Wildman–Crippen LogP) is 2.59. The molecule has 3 rings (SSSR count). The van der Waals surface area contributed by atoms with Gasteiger partial charge in [0, 0.05) is 11.6 Å². The van der Waals surface area contributed by atoms with E-state index in [1.54, 1.807) is 17.0 Å². The number of imide groups is 1. The number of rotatable bonds is 4. The molecule has 0 aromatic heterocycles. The standard InChI is InChI=1S/C18H22N2O3/c1-18(2,3)13-6-4-12(5-7-13)15(21)10-20-16(22)11-19(17(20)23)14-8-9-14/h4-7,14H,8-11H2,1-3H3. The maximum Gasteiger partial charge on any atom is 0.327 e. The lowest BCUT2D eigenvalue weighted by Gasteiger charge is -2.19. The summed E-state index contributed by atoms with van der Waals surface area (Å²) in [7, 11) is 0. The second-order valence-electron chi connectivity index (χ2n) is 7.37. The summed E-state index contributed by atoms with van der Waals surface area (Å²) in [6.07, 6.45) is 1.91. The van der Waals surface area contributed by atoms with Crippen molar-refractivity contribution in [3.8, 4) is 0 Å².